The molecule has 1 amide bonds. The van der Waals surface area contributed by atoms with E-state index >= 15 is 0 Å². The average Bonchev–Trinajstić information content (AvgIpc) is 2.86. The van der Waals surface area contributed by atoms with Gasteiger partial charge < -0.3 is 29.3 Å². The van der Waals surface area contributed by atoms with Crippen LogP contribution in [0.2, 0.25) is 0 Å². The number of benzene rings is 2. The summed E-state index contributed by atoms with van der Waals surface area (Å²) in [6.45, 7) is 7.39. The van der Waals surface area contributed by atoms with Crippen molar-refractivity contribution in [1.29, 1.82) is 0 Å². The highest BCUT2D eigenvalue weighted by Crippen LogP contribution is 2.31. The minimum Gasteiger partial charge on any atom is -0.497 e. The molecule has 38 heavy (non-hydrogen) atoms. The predicted molar refractivity (Wildman–Crippen MR) is 139 cm³/mol. The van der Waals surface area contributed by atoms with Gasteiger partial charge in [-0.2, -0.15) is 13.2 Å². The lowest BCUT2D eigenvalue weighted by atomic mass is 10.1. The molecule has 0 radical (unpaired) electrons. The van der Waals surface area contributed by atoms with E-state index in [2.05, 4.69) is 5.32 Å². The van der Waals surface area contributed by atoms with Crippen molar-refractivity contribution in [2.75, 3.05) is 57.2 Å². The van der Waals surface area contributed by atoms with E-state index in [1.54, 1.807) is 37.8 Å². The number of methoxy groups -OCH3 is 2. The number of piperazine rings is 1. The summed E-state index contributed by atoms with van der Waals surface area (Å²) in [4.78, 5) is 28.1. The Morgan fingerprint density at radius 1 is 0.921 bits per heavy atom. The Labute approximate surface area is 220 Å². The maximum absolute atomic E-state index is 13.3. The number of hydrogen-bond donors (Lipinski definition) is 1. The van der Waals surface area contributed by atoms with E-state index in [0.717, 1.165) is 5.56 Å². The molecule has 0 bridgehead atoms. The Kier molecular flexibility index (Phi) is 9.01. The van der Waals surface area contributed by atoms with Crippen LogP contribution in [-0.2, 0) is 11.2 Å². The molecule has 2 aromatic rings. The molecule has 208 valence electrons. The van der Waals surface area contributed by atoms with Gasteiger partial charge in [-0.1, -0.05) is 0 Å². The van der Waals surface area contributed by atoms with Crippen LogP contribution < -0.4 is 19.7 Å². The van der Waals surface area contributed by atoms with E-state index in [1.165, 1.54) is 26.4 Å². The zero-order chi connectivity index (χ0) is 28.1. The van der Waals surface area contributed by atoms with Gasteiger partial charge in [0.25, 0.3) is 5.78 Å². The van der Waals surface area contributed by atoms with Crippen LogP contribution >= 0.6 is 0 Å². The van der Waals surface area contributed by atoms with Gasteiger partial charge in [-0.25, -0.2) is 4.79 Å². The van der Waals surface area contributed by atoms with Crippen molar-refractivity contribution >= 4 is 23.3 Å². The van der Waals surface area contributed by atoms with Crippen molar-refractivity contribution in [2.24, 2.45) is 0 Å². The molecular formula is C27H34F3N3O5. The van der Waals surface area contributed by atoms with Gasteiger partial charge in [0.15, 0.2) is 0 Å². The number of halogens is 3. The zero-order valence-electron chi connectivity index (χ0n) is 22.3. The molecule has 0 spiro atoms. The Bertz CT molecular complexity index is 1120. The maximum Gasteiger partial charge on any atom is 0.454 e. The van der Waals surface area contributed by atoms with E-state index in [-0.39, 0.29) is 12.2 Å². The molecule has 1 aliphatic rings. The Hall–Kier alpha value is -3.63. The van der Waals surface area contributed by atoms with Crippen LogP contribution in [0.1, 0.15) is 36.7 Å². The van der Waals surface area contributed by atoms with Crippen molar-refractivity contribution in [2.45, 2.75) is 39.0 Å². The van der Waals surface area contributed by atoms with Crippen LogP contribution in [0.25, 0.3) is 0 Å². The van der Waals surface area contributed by atoms with E-state index < -0.39 is 29.2 Å². The molecule has 0 atom stereocenters. The number of hydrogen-bond acceptors (Lipinski definition) is 7. The van der Waals surface area contributed by atoms with Crippen LogP contribution in [0.3, 0.4) is 0 Å². The number of nitrogens with one attached hydrogen (secondary N) is 1. The lowest BCUT2D eigenvalue weighted by molar-refractivity contribution is -0.0884. The number of carbonyl (C=O) groups excluding carboxylic acids is 2. The first kappa shape index (κ1) is 28.9. The molecule has 1 heterocycles. The monoisotopic (exact) mass is 537 g/mol. The average molecular weight is 538 g/mol. The van der Waals surface area contributed by atoms with Crippen LogP contribution in [0.4, 0.5) is 29.3 Å². The largest absolute Gasteiger partial charge is 0.497 e. The Morgan fingerprint density at radius 2 is 1.53 bits per heavy atom. The molecule has 11 heteroatoms. The second-order valence-corrected chi connectivity index (χ2v) is 9.91. The summed E-state index contributed by atoms with van der Waals surface area (Å²) in [5.74, 6) is -0.719. The summed E-state index contributed by atoms with van der Waals surface area (Å²) in [5.41, 5.74) is 0.544. The summed E-state index contributed by atoms with van der Waals surface area (Å²) in [6, 6.07) is 9.60. The van der Waals surface area contributed by atoms with Crippen LogP contribution in [0, 0.1) is 0 Å². The molecule has 0 unspecified atom stereocenters. The number of rotatable bonds is 8. The van der Waals surface area contributed by atoms with Crippen molar-refractivity contribution in [3.05, 3.63) is 47.5 Å². The molecule has 3 rings (SSSR count). The SMILES string of the molecule is COc1cc(CCNc2cc(N3CCN(C(=O)OC(C)(C)C)CC3)ccc2C(=O)C(F)(F)F)cc(OC)c1. The van der Waals surface area contributed by atoms with Crippen LogP contribution in [-0.4, -0.2) is 75.5 Å². The van der Waals surface area contributed by atoms with E-state index in [0.29, 0.717) is 49.8 Å². The fraction of sp³-hybridized carbons (Fsp3) is 0.481. The molecule has 0 saturated carbocycles. The van der Waals surface area contributed by atoms with Crippen LogP contribution in [0.15, 0.2) is 36.4 Å². The van der Waals surface area contributed by atoms with Gasteiger partial charge in [-0.05, 0) is 63.1 Å². The van der Waals surface area contributed by atoms with E-state index in [9.17, 15) is 22.8 Å². The highest BCUT2D eigenvalue weighted by Gasteiger charge is 2.40. The third kappa shape index (κ3) is 7.69. The second kappa shape index (κ2) is 11.8. The summed E-state index contributed by atoms with van der Waals surface area (Å²) in [7, 11) is 3.06. The number of nitrogens with zero attached hydrogens (tertiary/aromatic N) is 2. The zero-order valence-corrected chi connectivity index (χ0v) is 22.3. The Morgan fingerprint density at radius 3 is 2.05 bits per heavy atom. The van der Waals surface area contributed by atoms with Crippen LogP contribution in [0.5, 0.6) is 11.5 Å². The standard InChI is InChI=1S/C27H34F3N3O5/c1-26(2,3)38-25(35)33-12-10-32(11-13-33)19-6-7-22(24(34)27(28,29)30)23(16-19)31-9-8-18-14-20(36-4)17-21(15-18)37-5/h6-7,14-17,31H,8-13H2,1-5H3. The van der Waals surface area contributed by atoms with Gasteiger partial charge in [0.2, 0.25) is 0 Å². The molecule has 8 nitrogen and oxygen atoms in total. The lowest BCUT2D eigenvalue weighted by Crippen LogP contribution is -2.50. The summed E-state index contributed by atoms with van der Waals surface area (Å²) in [6.07, 6.45) is -4.96. The number of amides is 1. The molecule has 0 aromatic heterocycles. The summed E-state index contributed by atoms with van der Waals surface area (Å²) in [5, 5.41) is 3.01. The van der Waals surface area contributed by atoms with Gasteiger partial charge in [0, 0.05) is 50.2 Å². The number of ketones is 1. The van der Waals surface area contributed by atoms with Gasteiger partial charge in [-0.3, -0.25) is 4.79 Å². The fourth-order valence-electron chi connectivity index (χ4n) is 4.05. The van der Waals surface area contributed by atoms with Gasteiger partial charge in [0.1, 0.15) is 17.1 Å². The Balaban J connectivity index is 1.75. The normalized spacial score (nSPS) is 14.2. The minimum absolute atomic E-state index is 0.0919. The number of carbonyl (C=O) groups is 2. The fourth-order valence-corrected chi connectivity index (χ4v) is 4.05. The van der Waals surface area contributed by atoms with Crippen molar-refractivity contribution in [3.8, 4) is 11.5 Å². The third-order valence-electron chi connectivity index (χ3n) is 5.94. The number of alkyl halides is 3. The molecule has 1 aliphatic heterocycles. The highest BCUT2D eigenvalue weighted by atomic mass is 19.4. The summed E-state index contributed by atoms with van der Waals surface area (Å²) < 4.78 is 55.8. The summed E-state index contributed by atoms with van der Waals surface area (Å²) >= 11 is 0. The molecule has 2 aromatic carbocycles. The smallest absolute Gasteiger partial charge is 0.454 e. The minimum atomic E-state index is -5.00. The first-order chi connectivity index (χ1) is 17.8. The topological polar surface area (TPSA) is 80.3 Å². The number of ether oxygens (including phenoxy) is 3. The molecule has 1 saturated heterocycles. The van der Waals surface area contributed by atoms with Gasteiger partial charge in [-0.15, -0.1) is 0 Å². The van der Waals surface area contributed by atoms with Crippen molar-refractivity contribution in [3.63, 3.8) is 0 Å². The van der Waals surface area contributed by atoms with E-state index in [4.69, 9.17) is 14.2 Å². The maximum atomic E-state index is 13.3. The van der Waals surface area contributed by atoms with Gasteiger partial charge in [0.05, 0.1) is 19.8 Å². The molecular weight excluding hydrogens is 503 g/mol. The quantitative estimate of drug-likeness (QED) is 0.466. The predicted octanol–water partition coefficient (Wildman–Crippen LogP) is 5.16. The highest BCUT2D eigenvalue weighted by molar-refractivity contribution is 6.05. The third-order valence-corrected chi connectivity index (χ3v) is 5.94. The number of Topliss-reactive ketones (excluding diaryl/α,β-unsaturated/α-hetero) is 1. The van der Waals surface area contributed by atoms with E-state index in [1.807, 2.05) is 17.0 Å². The lowest BCUT2D eigenvalue weighted by Gasteiger charge is -2.37. The van der Waals surface area contributed by atoms with Gasteiger partial charge >= 0.3 is 12.3 Å². The van der Waals surface area contributed by atoms with Crippen molar-refractivity contribution in [1.82, 2.24) is 4.90 Å². The molecule has 0 aliphatic carbocycles. The molecule has 1 N–H and O–H groups in total. The molecule has 1 fully saturated rings. The first-order valence-corrected chi connectivity index (χ1v) is 12.2. The first-order valence-electron chi connectivity index (χ1n) is 12.2. The second-order valence-electron chi connectivity index (χ2n) is 9.91. The van der Waals surface area contributed by atoms with Crippen molar-refractivity contribution < 1.29 is 37.0 Å². The number of anilines is 2.